The first-order chi connectivity index (χ1) is 11.5. The van der Waals surface area contributed by atoms with Gasteiger partial charge in [-0.25, -0.2) is 4.98 Å². The molecule has 130 valence electrons. The molecule has 0 unspecified atom stereocenters. The van der Waals surface area contributed by atoms with Crippen LogP contribution in [0.2, 0.25) is 0 Å². The first-order valence-corrected chi connectivity index (χ1v) is 8.39. The van der Waals surface area contributed by atoms with Crippen molar-refractivity contribution >= 4 is 0 Å². The molecule has 0 bridgehead atoms. The fraction of sp³-hybridized carbons (Fsp3) is 0.474. The third-order valence-electron chi connectivity index (χ3n) is 3.70. The zero-order chi connectivity index (χ0) is 17.5. The summed E-state index contributed by atoms with van der Waals surface area (Å²) >= 11 is 0. The predicted octanol–water partition coefficient (Wildman–Crippen LogP) is 3.65. The molecule has 1 atom stereocenters. The summed E-state index contributed by atoms with van der Waals surface area (Å²) in [6.07, 6.45) is 2.62. The van der Waals surface area contributed by atoms with E-state index in [1.165, 1.54) is 5.56 Å². The normalized spacial score (nSPS) is 12.4. The largest absolute Gasteiger partial charge is 0.489 e. The molecule has 1 N–H and O–H groups in total. The first-order valence-electron chi connectivity index (χ1n) is 8.39. The molecule has 0 saturated heterocycles. The van der Waals surface area contributed by atoms with Crippen LogP contribution in [0.15, 0.2) is 42.7 Å². The number of hydrogen-bond acceptors (Lipinski definition) is 4. The van der Waals surface area contributed by atoms with Gasteiger partial charge in [-0.2, -0.15) is 5.10 Å². The Kier molecular flexibility index (Phi) is 6.55. The van der Waals surface area contributed by atoms with E-state index in [9.17, 15) is 0 Å². The molecule has 1 aromatic heterocycles. The zero-order valence-corrected chi connectivity index (χ0v) is 15.1. The van der Waals surface area contributed by atoms with E-state index in [0.29, 0.717) is 12.5 Å². The van der Waals surface area contributed by atoms with Crippen molar-refractivity contribution in [3.8, 4) is 5.75 Å². The van der Waals surface area contributed by atoms with E-state index in [2.05, 4.69) is 48.0 Å². The van der Waals surface area contributed by atoms with Crippen molar-refractivity contribution in [2.75, 3.05) is 6.61 Å². The summed E-state index contributed by atoms with van der Waals surface area (Å²) in [5.74, 6) is 2.42. The molecule has 1 aromatic carbocycles. The van der Waals surface area contributed by atoms with Gasteiger partial charge in [-0.05, 0) is 42.5 Å². The Morgan fingerprint density at radius 1 is 1.38 bits per heavy atom. The second kappa shape index (κ2) is 8.64. The quantitative estimate of drug-likeness (QED) is 0.714. The standard InChI is InChI=1S/C19H28N4O/c1-14(2)9-18(19-21-13-22-23(19)5)20-11-16-7-6-8-17(10-16)24-12-15(3)4/h6-8,10,13-14,18,20H,3,9,11-12H2,1-2,4-5H3/t18-/m1/s1. The van der Waals surface area contributed by atoms with Crippen LogP contribution in [-0.4, -0.2) is 21.4 Å². The molecule has 2 rings (SSSR count). The lowest BCUT2D eigenvalue weighted by molar-refractivity contribution is 0.351. The van der Waals surface area contributed by atoms with Crippen LogP contribution in [-0.2, 0) is 13.6 Å². The number of hydrogen-bond donors (Lipinski definition) is 1. The van der Waals surface area contributed by atoms with Crippen LogP contribution in [0.25, 0.3) is 0 Å². The summed E-state index contributed by atoms with van der Waals surface area (Å²) in [5.41, 5.74) is 2.20. The van der Waals surface area contributed by atoms with E-state index >= 15 is 0 Å². The van der Waals surface area contributed by atoms with E-state index in [1.807, 2.05) is 30.8 Å². The predicted molar refractivity (Wildman–Crippen MR) is 96.8 cm³/mol. The van der Waals surface area contributed by atoms with Crippen LogP contribution < -0.4 is 10.1 Å². The fourth-order valence-corrected chi connectivity index (χ4v) is 2.56. The van der Waals surface area contributed by atoms with E-state index in [1.54, 1.807) is 6.33 Å². The second-order valence-electron chi connectivity index (χ2n) is 6.70. The number of benzene rings is 1. The Morgan fingerprint density at radius 3 is 2.79 bits per heavy atom. The molecule has 0 saturated carbocycles. The minimum Gasteiger partial charge on any atom is -0.489 e. The van der Waals surface area contributed by atoms with Gasteiger partial charge in [-0.1, -0.05) is 32.6 Å². The van der Waals surface area contributed by atoms with Crippen molar-refractivity contribution < 1.29 is 4.74 Å². The zero-order valence-electron chi connectivity index (χ0n) is 15.1. The molecule has 2 aromatic rings. The Balaban J connectivity index is 2.02. The van der Waals surface area contributed by atoms with Gasteiger partial charge >= 0.3 is 0 Å². The number of aromatic nitrogens is 3. The molecule has 0 aliphatic rings. The smallest absolute Gasteiger partial charge is 0.143 e. The molecular formula is C19H28N4O. The SMILES string of the molecule is C=C(C)COc1cccc(CN[C@H](CC(C)C)c2ncnn2C)c1. The van der Waals surface area contributed by atoms with Gasteiger partial charge in [-0.3, -0.25) is 4.68 Å². The van der Waals surface area contributed by atoms with Crippen molar-refractivity contribution in [2.45, 2.75) is 39.8 Å². The molecule has 5 heteroatoms. The van der Waals surface area contributed by atoms with Crippen molar-refractivity contribution in [3.63, 3.8) is 0 Å². The molecule has 0 amide bonds. The Bertz CT molecular complexity index is 663. The molecule has 0 radical (unpaired) electrons. The van der Waals surface area contributed by atoms with Crippen LogP contribution in [0.1, 0.15) is 44.6 Å². The molecule has 0 spiro atoms. The molecular weight excluding hydrogens is 300 g/mol. The maximum absolute atomic E-state index is 5.72. The highest BCUT2D eigenvalue weighted by atomic mass is 16.5. The number of ether oxygens (including phenoxy) is 1. The minimum atomic E-state index is 0.178. The highest BCUT2D eigenvalue weighted by Gasteiger charge is 2.17. The summed E-state index contributed by atoms with van der Waals surface area (Å²) in [6.45, 7) is 11.6. The van der Waals surface area contributed by atoms with Crippen molar-refractivity contribution in [3.05, 3.63) is 54.1 Å². The first kappa shape index (κ1) is 18.2. The molecule has 1 heterocycles. The molecule has 24 heavy (non-hydrogen) atoms. The van der Waals surface area contributed by atoms with Gasteiger partial charge < -0.3 is 10.1 Å². The van der Waals surface area contributed by atoms with Crippen LogP contribution in [0.3, 0.4) is 0 Å². The number of nitrogens with one attached hydrogen (secondary N) is 1. The number of aryl methyl sites for hydroxylation is 1. The van der Waals surface area contributed by atoms with E-state index < -0.39 is 0 Å². The third kappa shape index (κ3) is 5.49. The summed E-state index contributed by atoms with van der Waals surface area (Å²) in [4.78, 5) is 4.40. The highest BCUT2D eigenvalue weighted by Crippen LogP contribution is 2.20. The lowest BCUT2D eigenvalue weighted by Gasteiger charge is -2.20. The average Bonchev–Trinajstić information content (AvgIpc) is 2.95. The van der Waals surface area contributed by atoms with Gasteiger partial charge in [0.25, 0.3) is 0 Å². The van der Waals surface area contributed by atoms with Gasteiger partial charge in [0.05, 0.1) is 6.04 Å². The van der Waals surface area contributed by atoms with Gasteiger partial charge in [0.15, 0.2) is 0 Å². The fourth-order valence-electron chi connectivity index (χ4n) is 2.56. The highest BCUT2D eigenvalue weighted by molar-refractivity contribution is 5.28. The summed E-state index contributed by atoms with van der Waals surface area (Å²) in [5, 5.41) is 7.80. The van der Waals surface area contributed by atoms with Gasteiger partial charge in [0.1, 0.15) is 24.5 Å². The lowest BCUT2D eigenvalue weighted by Crippen LogP contribution is -2.25. The molecule has 0 fully saturated rings. The minimum absolute atomic E-state index is 0.178. The average molecular weight is 328 g/mol. The van der Waals surface area contributed by atoms with Crippen molar-refractivity contribution in [2.24, 2.45) is 13.0 Å². The van der Waals surface area contributed by atoms with E-state index in [4.69, 9.17) is 4.74 Å². The summed E-state index contributed by atoms with van der Waals surface area (Å²) in [6, 6.07) is 8.34. The van der Waals surface area contributed by atoms with Gasteiger partial charge in [0.2, 0.25) is 0 Å². The van der Waals surface area contributed by atoms with Crippen LogP contribution in [0, 0.1) is 5.92 Å². The van der Waals surface area contributed by atoms with Gasteiger partial charge in [-0.15, -0.1) is 0 Å². The second-order valence-corrected chi connectivity index (χ2v) is 6.70. The topological polar surface area (TPSA) is 52.0 Å². The number of nitrogens with zero attached hydrogens (tertiary/aromatic N) is 3. The van der Waals surface area contributed by atoms with E-state index in [0.717, 1.165) is 30.1 Å². The maximum Gasteiger partial charge on any atom is 0.143 e. The third-order valence-corrected chi connectivity index (χ3v) is 3.70. The Morgan fingerprint density at radius 2 is 2.17 bits per heavy atom. The van der Waals surface area contributed by atoms with Crippen LogP contribution >= 0.6 is 0 Å². The molecule has 0 aliphatic carbocycles. The van der Waals surface area contributed by atoms with Crippen molar-refractivity contribution in [1.29, 1.82) is 0 Å². The van der Waals surface area contributed by atoms with Gasteiger partial charge in [0, 0.05) is 13.6 Å². The maximum atomic E-state index is 5.72. The molecule has 5 nitrogen and oxygen atoms in total. The molecule has 0 aliphatic heterocycles. The monoisotopic (exact) mass is 328 g/mol. The number of rotatable bonds is 9. The lowest BCUT2D eigenvalue weighted by atomic mass is 10.0. The summed E-state index contributed by atoms with van der Waals surface area (Å²) in [7, 11) is 1.93. The summed E-state index contributed by atoms with van der Waals surface area (Å²) < 4.78 is 7.56. The van der Waals surface area contributed by atoms with Crippen LogP contribution in [0.4, 0.5) is 0 Å². The van der Waals surface area contributed by atoms with Crippen molar-refractivity contribution in [1.82, 2.24) is 20.1 Å². The van der Waals surface area contributed by atoms with E-state index in [-0.39, 0.29) is 6.04 Å². The Labute approximate surface area is 144 Å². The Hall–Kier alpha value is -2.14. The van der Waals surface area contributed by atoms with Crippen LogP contribution in [0.5, 0.6) is 5.75 Å².